The fraction of sp³-hybridized carbons (Fsp3) is 0.250. The maximum absolute atomic E-state index is 12.0. The van der Waals surface area contributed by atoms with Crippen molar-refractivity contribution in [3.8, 4) is 11.9 Å². The first-order valence-corrected chi connectivity index (χ1v) is 7.05. The highest BCUT2D eigenvalue weighted by Gasteiger charge is 2.19. The molecule has 1 amide bonds. The van der Waals surface area contributed by atoms with E-state index in [0.717, 1.165) is 0 Å². The van der Waals surface area contributed by atoms with Gasteiger partial charge in [-0.1, -0.05) is 12.1 Å². The third-order valence-electron chi connectivity index (χ3n) is 2.93. The molecule has 124 valence electrons. The van der Waals surface area contributed by atoms with Crippen molar-refractivity contribution in [2.45, 2.75) is 20.0 Å². The standard InChI is InChI=1S/C16H15N3O5/c1-10-7-14(19-24-10)22-9-15(20)23-11(2)16(21)18-13-6-4-3-5-12(13)8-17/h3-7,11H,9H2,1-2H3,(H,18,21)/t11-/m1/s1. The van der Waals surface area contributed by atoms with Gasteiger partial charge in [-0.05, 0) is 31.1 Å². The van der Waals surface area contributed by atoms with Crippen LogP contribution in [0, 0.1) is 18.3 Å². The Balaban J connectivity index is 1.84. The molecule has 2 rings (SSSR count). The number of aryl methyl sites for hydroxylation is 1. The Morgan fingerprint density at radius 1 is 1.42 bits per heavy atom. The van der Waals surface area contributed by atoms with Gasteiger partial charge in [0.1, 0.15) is 11.8 Å². The molecule has 1 heterocycles. The highest BCUT2D eigenvalue weighted by molar-refractivity contribution is 5.96. The predicted octanol–water partition coefficient (Wildman–Crippen LogP) is 1.80. The first-order chi connectivity index (χ1) is 11.5. The lowest BCUT2D eigenvalue weighted by atomic mass is 10.2. The Labute approximate surface area is 138 Å². The van der Waals surface area contributed by atoms with E-state index >= 15 is 0 Å². The summed E-state index contributed by atoms with van der Waals surface area (Å²) >= 11 is 0. The topological polar surface area (TPSA) is 114 Å². The summed E-state index contributed by atoms with van der Waals surface area (Å²) in [5, 5.41) is 15.1. The number of hydrogen-bond donors (Lipinski definition) is 1. The lowest BCUT2D eigenvalue weighted by Crippen LogP contribution is -2.31. The molecule has 0 aliphatic rings. The van der Waals surface area contributed by atoms with Crippen LogP contribution in [-0.4, -0.2) is 29.7 Å². The number of anilines is 1. The maximum atomic E-state index is 12.0. The number of carbonyl (C=O) groups is 2. The minimum atomic E-state index is -1.05. The van der Waals surface area contributed by atoms with E-state index in [0.29, 0.717) is 17.0 Å². The van der Waals surface area contributed by atoms with Crippen LogP contribution in [0.15, 0.2) is 34.9 Å². The summed E-state index contributed by atoms with van der Waals surface area (Å²) in [6.07, 6.45) is -1.05. The van der Waals surface area contributed by atoms with Crippen LogP contribution in [0.1, 0.15) is 18.2 Å². The number of aromatic nitrogens is 1. The van der Waals surface area contributed by atoms with Gasteiger partial charge in [-0.3, -0.25) is 4.79 Å². The summed E-state index contributed by atoms with van der Waals surface area (Å²) in [7, 11) is 0. The second kappa shape index (κ2) is 7.78. The van der Waals surface area contributed by atoms with Gasteiger partial charge in [0.15, 0.2) is 12.7 Å². The van der Waals surface area contributed by atoms with E-state index in [1.54, 1.807) is 31.2 Å². The van der Waals surface area contributed by atoms with Crippen molar-refractivity contribution in [3.05, 3.63) is 41.7 Å². The van der Waals surface area contributed by atoms with Crippen molar-refractivity contribution in [1.29, 1.82) is 5.26 Å². The molecular formula is C16H15N3O5. The normalized spacial score (nSPS) is 11.2. The van der Waals surface area contributed by atoms with E-state index in [4.69, 9.17) is 19.3 Å². The zero-order valence-electron chi connectivity index (χ0n) is 13.1. The molecule has 0 saturated carbocycles. The largest absolute Gasteiger partial charge is 0.463 e. The number of nitriles is 1. The minimum Gasteiger partial charge on any atom is -0.463 e. The van der Waals surface area contributed by atoms with Crippen molar-refractivity contribution >= 4 is 17.6 Å². The average Bonchev–Trinajstić information content (AvgIpc) is 2.99. The Morgan fingerprint density at radius 3 is 2.83 bits per heavy atom. The van der Waals surface area contributed by atoms with Crippen LogP contribution in [0.4, 0.5) is 5.69 Å². The molecule has 1 aromatic heterocycles. The number of para-hydroxylation sites is 1. The third kappa shape index (κ3) is 4.58. The minimum absolute atomic E-state index is 0.157. The van der Waals surface area contributed by atoms with Crippen LogP contribution in [0.2, 0.25) is 0 Å². The summed E-state index contributed by atoms with van der Waals surface area (Å²) in [6.45, 7) is 2.70. The molecule has 0 radical (unpaired) electrons. The Hall–Kier alpha value is -3.34. The second-order valence-electron chi connectivity index (χ2n) is 4.84. The number of benzene rings is 1. The van der Waals surface area contributed by atoms with Crippen molar-refractivity contribution in [2.75, 3.05) is 11.9 Å². The molecule has 0 unspecified atom stereocenters. The number of amides is 1. The van der Waals surface area contributed by atoms with Crippen molar-refractivity contribution in [2.24, 2.45) is 0 Å². The van der Waals surface area contributed by atoms with Crippen molar-refractivity contribution < 1.29 is 23.6 Å². The molecule has 0 spiro atoms. The first kappa shape index (κ1) is 17.0. The zero-order chi connectivity index (χ0) is 17.5. The molecule has 8 nitrogen and oxygen atoms in total. The summed E-state index contributed by atoms with van der Waals surface area (Å²) in [6, 6.07) is 10.00. The fourth-order valence-corrected chi connectivity index (χ4v) is 1.75. The number of rotatable bonds is 6. The molecule has 0 bridgehead atoms. The second-order valence-corrected chi connectivity index (χ2v) is 4.84. The van der Waals surface area contributed by atoms with Crippen molar-refractivity contribution in [3.63, 3.8) is 0 Å². The smallest absolute Gasteiger partial charge is 0.345 e. The Bertz CT molecular complexity index is 778. The van der Waals surface area contributed by atoms with Gasteiger partial charge in [0.05, 0.1) is 11.3 Å². The van der Waals surface area contributed by atoms with Crippen LogP contribution in [0.3, 0.4) is 0 Å². The molecule has 2 aromatic rings. The summed E-state index contributed by atoms with van der Waals surface area (Å²) < 4.78 is 14.8. The number of hydrogen-bond acceptors (Lipinski definition) is 7. The Kier molecular flexibility index (Phi) is 5.52. The summed E-state index contributed by atoms with van der Waals surface area (Å²) in [4.78, 5) is 23.7. The van der Waals surface area contributed by atoms with E-state index in [2.05, 4.69) is 10.5 Å². The summed E-state index contributed by atoms with van der Waals surface area (Å²) in [5.74, 6) is -0.582. The molecule has 8 heteroatoms. The molecule has 0 saturated heterocycles. The zero-order valence-corrected chi connectivity index (χ0v) is 13.1. The van der Waals surface area contributed by atoms with Crippen LogP contribution in [-0.2, 0) is 14.3 Å². The van der Waals surface area contributed by atoms with Crippen molar-refractivity contribution in [1.82, 2.24) is 5.16 Å². The van der Waals surface area contributed by atoms with Crippen LogP contribution < -0.4 is 10.1 Å². The SMILES string of the molecule is Cc1cc(OCC(=O)O[C@H](C)C(=O)Nc2ccccc2C#N)no1. The van der Waals surface area contributed by atoms with Gasteiger partial charge < -0.3 is 19.3 Å². The highest BCUT2D eigenvalue weighted by Crippen LogP contribution is 2.14. The van der Waals surface area contributed by atoms with Crippen LogP contribution in [0.25, 0.3) is 0 Å². The fourth-order valence-electron chi connectivity index (χ4n) is 1.75. The average molecular weight is 329 g/mol. The number of esters is 1. The molecule has 24 heavy (non-hydrogen) atoms. The Morgan fingerprint density at radius 2 is 2.17 bits per heavy atom. The van der Waals surface area contributed by atoms with Gasteiger partial charge in [-0.15, -0.1) is 0 Å². The van der Waals surface area contributed by atoms with Gasteiger partial charge in [0, 0.05) is 6.07 Å². The lowest BCUT2D eigenvalue weighted by Gasteiger charge is -2.14. The van der Waals surface area contributed by atoms with E-state index in [9.17, 15) is 9.59 Å². The lowest BCUT2D eigenvalue weighted by molar-refractivity contribution is -0.155. The van der Waals surface area contributed by atoms with Gasteiger partial charge in [-0.25, -0.2) is 4.79 Å². The molecule has 0 fully saturated rings. The monoisotopic (exact) mass is 329 g/mol. The number of ether oxygens (including phenoxy) is 2. The van der Waals surface area contributed by atoms with E-state index in [1.165, 1.54) is 13.0 Å². The summed E-state index contributed by atoms with van der Waals surface area (Å²) in [5.41, 5.74) is 0.663. The van der Waals surface area contributed by atoms with E-state index in [1.807, 2.05) is 6.07 Å². The quantitative estimate of drug-likeness (QED) is 0.804. The predicted molar refractivity (Wildman–Crippen MR) is 82.1 cm³/mol. The van der Waals surface area contributed by atoms with Crippen LogP contribution >= 0.6 is 0 Å². The number of carbonyl (C=O) groups excluding carboxylic acids is 2. The van der Waals surface area contributed by atoms with Gasteiger partial charge >= 0.3 is 5.97 Å². The van der Waals surface area contributed by atoms with E-state index < -0.39 is 24.6 Å². The molecule has 0 aliphatic carbocycles. The highest BCUT2D eigenvalue weighted by atomic mass is 16.6. The number of nitrogens with zero attached hydrogens (tertiary/aromatic N) is 2. The maximum Gasteiger partial charge on any atom is 0.345 e. The molecular weight excluding hydrogens is 314 g/mol. The van der Waals surface area contributed by atoms with E-state index in [-0.39, 0.29) is 5.88 Å². The third-order valence-corrected chi connectivity index (χ3v) is 2.93. The molecule has 1 aromatic carbocycles. The molecule has 0 aliphatic heterocycles. The number of nitrogens with one attached hydrogen (secondary N) is 1. The molecule has 1 atom stereocenters. The molecule has 1 N–H and O–H groups in total. The first-order valence-electron chi connectivity index (χ1n) is 7.05. The van der Waals surface area contributed by atoms with Gasteiger partial charge in [0.2, 0.25) is 0 Å². The van der Waals surface area contributed by atoms with Gasteiger partial charge in [-0.2, -0.15) is 5.26 Å². The van der Waals surface area contributed by atoms with Gasteiger partial charge in [0.25, 0.3) is 11.8 Å². The van der Waals surface area contributed by atoms with Crippen LogP contribution in [0.5, 0.6) is 5.88 Å².